The molecule has 0 saturated carbocycles. The molecule has 9 N–H and O–H groups in total. The van der Waals surface area contributed by atoms with Gasteiger partial charge in [-0.1, -0.05) is 87.0 Å². The standard InChI is InChI=1S/C55H101N11O10/c1-18-19-20-21-22-23-25-39(58-49(73)43-26-24-29-66(43)38(9)67)45(69)59-41(31-35(4)5)47(71)62-54(12,13)51(75)61-40(30-34(2)3)46(70)60-42(32-36(6)7)48(72)63-55(14,15)52(76)64-53(10,11)50(74)56-28-27-44(68)57-37(8)33-65(16)17/h34-37,39-43H,18-33H2,1-17H3,(H,56,74)(H,57,68)(H,58,73)(H,59,69)(H,60,70)(H,61,75)(H,62,71)(H,63,72)(H,64,76)/t37-,39-,40-,41-,42-,43-/m0/s1. The number of carbonyl (C=O) groups is 10. The molecule has 1 rings (SSSR count). The number of amides is 10. The van der Waals surface area contributed by atoms with Crippen molar-refractivity contribution >= 4 is 59.1 Å². The molecule has 0 bridgehead atoms. The lowest BCUT2D eigenvalue weighted by atomic mass is 9.96. The summed E-state index contributed by atoms with van der Waals surface area (Å²) in [6.45, 7) is 26.6. The maximum Gasteiger partial charge on any atom is 0.246 e. The van der Waals surface area contributed by atoms with E-state index in [0.717, 1.165) is 32.1 Å². The van der Waals surface area contributed by atoms with Gasteiger partial charge in [-0.25, -0.2) is 0 Å². The van der Waals surface area contributed by atoms with Gasteiger partial charge in [-0.2, -0.15) is 0 Å². The molecule has 21 nitrogen and oxygen atoms in total. The molecule has 0 aromatic heterocycles. The van der Waals surface area contributed by atoms with Gasteiger partial charge in [0.05, 0.1) is 0 Å². The number of hydrogen-bond donors (Lipinski definition) is 9. The lowest BCUT2D eigenvalue weighted by Crippen LogP contribution is -2.65. The second-order valence-corrected chi connectivity index (χ2v) is 24.1. The van der Waals surface area contributed by atoms with E-state index in [1.165, 1.54) is 53.4 Å². The fourth-order valence-electron chi connectivity index (χ4n) is 8.93. The monoisotopic (exact) mass is 1080 g/mol. The van der Waals surface area contributed by atoms with Gasteiger partial charge in [0.2, 0.25) is 59.1 Å². The molecule has 436 valence electrons. The minimum absolute atomic E-state index is 0.0313. The van der Waals surface area contributed by atoms with Crippen LogP contribution >= 0.6 is 0 Å². The first kappa shape index (κ1) is 68.7. The largest absolute Gasteiger partial charge is 0.354 e. The van der Waals surface area contributed by atoms with Crippen molar-refractivity contribution in [1.82, 2.24) is 57.7 Å². The van der Waals surface area contributed by atoms with E-state index in [4.69, 9.17) is 0 Å². The van der Waals surface area contributed by atoms with Gasteiger partial charge in [0.1, 0.15) is 46.8 Å². The first-order chi connectivity index (χ1) is 35.1. The molecule has 0 aromatic carbocycles. The van der Waals surface area contributed by atoms with Crippen molar-refractivity contribution in [2.45, 2.75) is 240 Å². The number of likely N-dealkylation sites (tertiary alicyclic amines) is 1. The van der Waals surface area contributed by atoms with Gasteiger partial charge >= 0.3 is 0 Å². The van der Waals surface area contributed by atoms with Gasteiger partial charge in [-0.3, -0.25) is 47.9 Å². The SMILES string of the molecule is CCCCCCCC[C@H](NC(=O)[C@@H]1CCCN1C(C)=O)C(=O)N[C@@H](CC(C)C)C(=O)NC(C)(C)C(=O)N[C@@H](CC(C)C)C(=O)N[C@@H](CC(C)C)C(=O)NC(C)(C)C(=O)NC(C)(C)C(=O)NCCC(=O)N[C@@H](C)CN(C)C. The Morgan fingerprint density at radius 3 is 1.50 bits per heavy atom. The van der Waals surface area contributed by atoms with Gasteiger partial charge in [-0.15, -0.1) is 0 Å². The van der Waals surface area contributed by atoms with Crippen LogP contribution in [0.2, 0.25) is 0 Å². The van der Waals surface area contributed by atoms with Gasteiger partial charge in [0.25, 0.3) is 0 Å². The molecule has 0 aromatic rings. The Morgan fingerprint density at radius 2 is 1.01 bits per heavy atom. The second kappa shape index (κ2) is 32.4. The van der Waals surface area contributed by atoms with E-state index in [1.807, 2.05) is 67.5 Å². The quantitative estimate of drug-likeness (QED) is 0.0423. The predicted molar refractivity (Wildman–Crippen MR) is 295 cm³/mol. The molecule has 1 saturated heterocycles. The lowest BCUT2D eigenvalue weighted by molar-refractivity contribution is -0.139. The van der Waals surface area contributed by atoms with Crippen LogP contribution in [0.3, 0.4) is 0 Å². The molecule has 1 aliphatic rings. The van der Waals surface area contributed by atoms with Gasteiger partial charge in [0.15, 0.2) is 0 Å². The summed E-state index contributed by atoms with van der Waals surface area (Å²) < 4.78 is 0. The van der Waals surface area contributed by atoms with E-state index in [9.17, 15) is 47.9 Å². The number of likely N-dealkylation sites (N-methyl/N-ethyl adjacent to an activating group) is 1. The molecule has 1 heterocycles. The topological polar surface area (TPSA) is 285 Å². The van der Waals surface area contributed by atoms with E-state index in [2.05, 4.69) is 54.8 Å². The zero-order valence-electron chi connectivity index (χ0n) is 49.5. The van der Waals surface area contributed by atoms with Crippen molar-refractivity contribution in [2.24, 2.45) is 17.8 Å². The van der Waals surface area contributed by atoms with Crippen LogP contribution in [0.25, 0.3) is 0 Å². The molecule has 0 spiro atoms. The third-order valence-electron chi connectivity index (χ3n) is 13.1. The molecule has 21 heteroatoms. The lowest BCUT2D eigenvalue weighted by Gasteiger charge is -2.34. The maximum atomic E-state index is 14.2. The van der Waals surface area contributed by atoms with Crippen LogP contribution in [-0.2, 0) is 47.9 Å². The Kier molecular flexibility index (Phi) is 29.3. The van der Waals surface area contributed by atoms with Crippen LogP contribution < -0.4 is 47.9 Å². The summed E-state index contributed by atoms with van der Waals surface area (Å²) in [6, 6.07) is -5.17. The van der Waals surface area contributed by atoms with E-state index in [-0.39, 0.29) is 67.8 Å². The smallest absolute Gasteiger partial charge is 0.246 e. The Bertz CT molecular complexity index is 1950. The van der Waals surface area contributed by atoms with Crippen LogP contribution in [0.15, 0.2) is 0 Å². The van der Waals surface area contributed by atoms with Gasteiger partial charge in [0, 0.05) is 39.0 Å². The number of carbonyl (C=O) groups excluding carboxylic acids is 10. The van der Waals surface area contributed by atoms with Crippen LogP contribution in [0.4, 0.5) is 0 Å². The Labute approximate surface area is 455 Å². The summed E-state index contributed by atoms with van der Waals surface area (Å²) >= 11 is 0. The first-order valence-electron chi connectivity index (χ1n) is 27.8. The molecule has 10 amide bonds. The zero-order chi connectivity index (χ0) is 58.3. The fraction of sp³-hybridized carbons (Fsp3) is 0.818. The Hall–Kier alpha value is -5.34. The highest BCUT2D eigenvalue weighted by atomic mass is 16.2. The van der Waals surface area contributed by atoms with Crippen molar-refractivity contribution < 1.29 is 47.9 Å². The van der Waals surface area contributed by atoms with Crippen molar-refractivity contribution in [3.05, 3.63) is 0 Å². The highest BCUT2D eigenvalue weighted by Crippen LogP contribution is 2.20. The molecule has 0 radical (unpaired) electrons. The number of nitrogens with zero attached hydrogens (tertiary/aromatic N) is 2. The number of rotatable bonds is 34. The minimum Gasteiger partial charge on any atom is -0.354 e. The van der Waals surface area contributed by atoms with Crippen LogP contribution in [0.1, 0.15) is 187 Å². The summed E-state index contributed by atoms with van der Waals surface area (Å²) in [5.74, 6) is -5.65. The highest BCUT2D eigenvalue weighted by Gasteiger charge is 2.41. The summed E-state index contributed by atoms with van der Waals surface area (Å²) in [4.78, 5) is 139. The number of nitrogens with one attached hydrogen (secondary N) is 9. The van der Waals surface area contributed by atoms with Gasteiger partial charge < -0.3 is 57.7 Å². The molecule has 6 atom stereocenters. The minimum atomic E-state index is -1.62. The zero-order valence-corrected chi connectivity index (χ0v) is 49.5. The highest BCUT2D eigenvalue weighted by molar-refractivity contribution is 6.00. The molecule has 1 aliphatic heterocycles. The molecular weight excluding hydrogens is 975 g/mol. The van der Waals surface area contributed by atoms with E-state index < -0.39 is 94.1 Å². The Morgan fingerprint density at radius 1 is 0.553 bits per heavy atom. The average molecular weight is 1080 g/mol. The van der Waals surface area contributed by atoms with Crippen molar-refractivity contribution in [1.29, 1.82) is 0 Å². The molecule has 0 aliphatic carbocycles. The van der Waals surface area contributed by atoms with E-state index in [1.54, 1.807) is 0 Å². The third kappa shape index (κ3) is 25.2. The third-order valence-corrected chi connectivity index (χ3v) is 13.1. The predicted octanol–water partition coefficient (Wildman–Crippen LogP) is 3.08. The van der Waals surface area contributed by atoms with Crippen LogP contribution in [0, 0.1) is 17.8 Å². The Balaban J connectivity index is 3.21. The summed E-state index contributed by atoms with van der Waals surface area (Å²) in [5, 5.41) is 25.1. The number of unbranched alkanes of at least 4 members (excludes halogenated alkanes) is 5. The van der Waals surface area contributed by atoms with Crippen LogP contribution in [-0.4, -0.2) is 155 Å². The van der Waals surface area contributed by atoms with Crippen molar-refractivity contribution in [2.75, 3.05) is 33.7 Å². The molecular formula is C55H101N11O10. The molecule has 76 heavy (non-hydrogen) atoms. The number of hydrogen-bond acceptors (Lipinski definition) is 11. The first-order valence-corrected chi connectivity index (χ1v) is 27.8. The summed E-state index contributed by atoms with van der Waals surface area (Å²) in [7, 11) is 3.79. The van der Waals surface area contributed by atoms with E-state index in [0.29, 0.717) is 38.8 Å². The summed E-state index contributed by atoms with van der Waals surface area (Å²) in [6.07, 6.45) is 7.75. The second-order valence-electron chi connectivity index (χ2n) is 24.1. The van der Waals surface area contributed by atoms with Gasteiger partial charge in [-0.05, 0) is 119 Å². The van der Waals surface area contributed by atoms with Crippen molar-refractivity contribution in [3.63, 3.8) is 0 Å². The average Bonchev–Trinajstić information content (AvgIpc) is 3.79. The van der Waals surface area contributed by atoms with E-state index >= 15 is 0 Å². The molecule has 1 fully saturated rings. The van der Waals surface area contributed by atoms with Crippen LogP contribution in [0.5, 0.6) is 0 Å². The fourth-order valence-corrected chi connectivity index (χ4v) is 8.93. The van der Waals surface area contributed by atoms with Crippen molar-refractivity contribution in [3.8, 4) is 0 Å². The molecule has 0 unspecified atom stereocenters. The maximum absolute atomic E-state index is 14.2. The summed E-state index contributed by atoms with van der Waals surface area (Å²) in [5.41, 5.74) is -4.63. The normalized spacial score (nSPS) is 16.0.